The molecule has 2 aromatic rings. The maximum Gasteiger partial charge on any atom is 0.123 e. The Morgan fingerprint density at radius 2 is 1.64 bits per heavy atom. The van der Waals surface area contributed by atoms with Gasteiger partial charge in [-0.05, 0) is 30.2 Å². The Morgan fingerprint density at radius 1 is 1.08 bits per heavy atom. The lowest BCUT2D eigenvalue weighted by molar-refractivity contribution is 0.0243. The number of halogens is 1. The van der Waals surface area contributed by atoms with Crippen molar-refractivity contribution in [3.8, 4) is 12.3 Å². The van der Waals surface area contributed by atoms with Crippen LogP contribution < -0.4 is 0 Å². The van der Waals surface area contributed by atoms with Gasteiger partial charge in [0.25, 0.3) is 0 Å². The molecule has 0 bridgehead atoms. The number of hydrogen-bond donors (Lipinski definition) is 1. The van der Waals surface area contributed by atoms with E-state index in [9.17, 15) is 9.50 Å². The average molecular weight is 341 g/mol. The second-order valence-corrected chi connectivity index (χ2v) is 6.15. The Labute approximate surface area is 149 Å². The molecule has 4 heteroatoms. The van der Waals surface area contributed by atoms with Crippen molar-refractivity contribution in [2.45, 2.75) is 26.1 Å². The quantitative estimate of drug-likeness (QED) is 0.562. The standard InChI is InChI=1S/C21H24FNO2/c1-3-12-25-16-21(24)15-23(13-18-6-4-17(2)5-7-18)14-19-8-10-20(22)11-9-19/h1,4-11,21,24H,12-16H2,2H3. The third-order valence-corrected chi connectivity index (χ3v) is 3.81. The van der Waals surface area contributed by atoms with Gasteiger partial charge in [0, 0.05) is 19.6 Å². The maximum atomic E-state index is 13.1. The largest absolute Gasteiger partial charge is 0.389 e. The zero-order chi connectivity index (χ0) is 18.1. The molecule has 132 valence electrons. The van der Waals surface area contributed by atoms with Gasteiger partial charge in [0.1, 0.15) is 12.4 Å². The third kappa shape index (κ3) is 7.06. The molecule has 0 saturated heterocycles. The molecule has 0 aliphatic carbocycles. The molecule has 0 saturated carbocycles. The number of aryl methyl sites for hydroxylation is 1. The summed E-state index contributed by atoms with van der Waals surface area (Å²) in [6.07, 6.45) is 4.51. The topological polar surface area (TPSA) is 32.7 Å². The number of ether oxygens (including phenoxy) is 1. The Bertz CT molecular complexity index is 629. The summed E-state index contributed by atoms with van der Waals surface area (Å²) in [6.45, 7) is 4.16. The van der Waals surface area contributed by atoms with Crippen molar-refractivity contribution < 1.29 is 14.2 Å². The van der Waals surface area contributed by atoms with Gasteiger partial charge in [-0.25, -0.2) is 4.39 Å². The molecular weight excluding hydrogens is 317 g/mol. The van der Waals surface area contributed by atoms with Crippen molar-refractivity contribution in [1.82, 2.24) is 4.90 Å². The lowest BCUT2D eigenvalue weighted by Gasteiger charge is -2.25. The van der Waals surface area contributed by atoms with Crippen LogP contribution in [0, 0.1) is 25.1 Å². The molecule has 2 aromatic carbocycles. The van der Waals surface area contributed by atoms with Crippen LogP contribution in [0.15, 0.2) is 48.5 Å². The summed E-state index contributed by atoms with van der Waals surface area (Å²) < 4.78 is 18.3. The van der Waals surface area contributed by atoms with Gasteiger partial charge in [-0.2, -0.15) is 0 Å². The molecule has 0 radical (unpaired) electrons. The minimum absolute atomic E-state index is 0.187. The summed E-state index contributed by atoms with van der Waals surface area (Å²) in [5, 5.41) is 10.2. The van der Waals surface area contributed by atoms with Gasteiger partial charge < -0.3 is 9.84 Å². The molecule has 0 aliphatic rings. The second-order valence-electron chi connectivity index (χ2n) is 6.15. The fraction of sp³-hybridized carbons (Fsp3) is 0.333. The Hall–Kier alpha value is -2.19. The number of aliphatic hydroxyl groups is 1. The van der Waals surface area contributed by atoms with Crippen molar-refractivity contribution in [2.24, 2.45) is 0 Å². The normalized spacial score (nSPS) is 12.1. The Balaban J connectivity index is 2.02. The summed E-state index contributed by atoms with van der Waals surface area (Å²) in [5.41, 5.74) is 3.35. The minimum Gasteiger partial charge on any atom is -0.389 e. The van der Waals surface area contributed by atoms with Gasteiger partial charge in [0.15, 0.2) is 0 Å². The van der Waals surface area contributed by atoms with Gasteiger partial charge in [0.05, 0.1) is 12.7 Å². The van der Waals surface area contributed by atoms with Crippen molar-refractivity contribution in [1.29, 1.82) is 0 Å². The van der Waals surface area contributed by atoms with Crippen LogP contribution >= 0.6 is 0 Å². The predicted molar refractivity (Wildman–Crippen MR) is 97.4 cm³/mol. The minimum atomic E-state index is -0.640. The first-order chi connectivity index (χ1) is 12.1. The molecule has 2 rings (SSSR count). The molecule has 1 unspecified atom stereocenters. The molecular formula is C21H24FNO2. The molecule has 1 atom stereocenters. The number of terminal acetylenes is 1. The number of rotatable bonds is 9. The summed E-state index contributed by atoms with van der Waals surface area (Å²) in [7, 11) is 0. The summed E-state index contributed by atoms with van der Waals surface area (Å²) in [4.78, 5) is 2.11. The van der Waals surface area contributed by atoms with Crippen molar-refractivity contribution in [2.75, 3.05) is 19.8 Å². The molecule has 0 amide bonds. The first kappa shape index (κ1) is 19.1. The fourth-order valence-corrected chi connectivity index (χ4v) is 2.59. The Morgan fingerprint density at radius 3 is 2.20 bits per heavy atom. The van der Waals surface area contributed by atoms with Crippen LogP contribution in [0.5, 0.6) is 0 Å². The van der Waals surface area contributed by atoms with Crippen molar-refractivity contribution in [3.63, 3.8) is 0 Å². The first-order valence-electron chi connectivity index (χ1n) is 8.28. The van der Waals surface area contributed by atoms with Crippen molar-refractivity contribution in [3.05, 3.63) is 71.0 Å². The van der Waals surface area contributed by atoms with Crippen molar-refractivity contribution >= 4 is 0 Å². The van der Waals surface area contributed by atoms with Gasteiger partial charge >= 0.3 is 0 Å². The molecule has 0 spiro atoms. The highest BCUT2D eigenvalue weighted by molar-refractivity contribution is 5.22. The van der Waals surface area contributed by atoms with Crippen LogP contribution in [0.1, 0.15) is 16.7 Å². The van der Waals surface area contributed by atoms with Gasteiger partial charge in [-0.1, -0.05) is 47.9 Å². The monoisotopic (exact) mass is 341 g/mol. The summed E-state index contributed by atoms with van der Waals surface area (Å²) in [5.74, 6) is 2.13. The Kier molecular flexibility index (Phi) is 7.62. The molecule has 1 N–H and O–H groups in total. The van der Waals surface area contributed by atoms with E-state index >= 15 is 0 Å². The highest BCUT2D eigenvalue weighted by atomic mass is 19.1. The lowest BCUT2D eigenvalue weighted by Crippen LogP contribution is -2.34. The molecule has 0 fully saturated rings. The van der Waals surface area contributed by atoms with Crippen LogP contribution in [0.3, 0.4) is 0 Å². The van der Waals surface area contributed by atoms with E-state index in [4.69, 9.17) is 11.2 Å². The zero-order valence-electron chi connectivity index (χ0n) is 14.5. The zero-order valence-corrected chi connectivity index (χ0v) is 14.5. The third-order valence-electron chi connectivity index (χ3n) is 3.81. The molecule has 3 nitrogen and oxygen atoms in total. The van der Waals surface area contributed by atoms with E-state index in [0.29, 0.717) is 19.6 Å². The predicted octanol–water partition coefficient (Wildman–Crippen LogP) is 3.15. The highest BCUT2D eigenvalue weighted by Crippen LogP contribution is 2.12. The first-order valence-corrected chi connectivity index (χ1v) is 8.28. The van der Waals surface area contributed by atoms with Crippen LogP contribution in [0.2, 0.25) is 0 Å². The number of benzene rings is 2. The van der Waals surface area contributed by atoms with Gasteiger partial charge in [0.2, 0.25) is 0 Å². The smallest absolute Gasteiger partial charge is 0.123 e. The number of aliphatic hydroxyl groups excluding tert-OH is 1. The van der Waals surface area contributed by atoms with Gasteiger partial charge in [-0.15, -0.1) is 6.42 Å². The molecule has 25 heavy (non-hydrogen) atoms. The van der Waals surface area contributed by atoms with E-state index in [2.05, 4.69) is 35.1 Å². The second kappa shape index (κ2) is 9.95. The van der Waals surface area contributed by atoms with E-state index in [1.165, 1.54) is 17.7 Å². The van der Waals surface area contributed by atoms with Crippen LogP contribution in [0.25, 0.3) is 0 Å². The number of nitrogens with zero attached hydrogens (tertiary/aromatic N) is 1. The van der Waals surface area contributed by atoms with E-state index in [0.717, 1.165) is 11.1 Å². The fourth-order valence-electron chi connectivity index (χ4n) is 2.59. The van der Waals surface area contributed by atoms with E-state index in [1.807, 2.05) is 6.92 Å². The van der Waals surface area contributed by atoms with Crippen LogP contribution in [0.4, 0.5) is 4.39 Å². The van der Waals surface area contributed by atoms with E-state index in [1.54, 1.807) is 12.1 Å². The van der Waals surface area contributed by atoms with Gasteiger partial charge in [-0.3, -0.25) is 4.90 Å². The molecule has 0 aliphatic heterocycles. The van der Waals surface area contributed by atoms with E-state index in [-0.39, 0.29) is 19.0 Å². The average Bonchev–Trinajstić information content (AvgIpc) is 2.59. The lowest BCUT2D eigenvalue weighted by atomic mass is 10.1. The molecule has 0 heterocycles. The SMILES string of the molecule is C#CCOCC(O)CN(Cc1ccc(C)cc1)Cc1ccc(F)cc1. The van der Waals surface area contributed by atoms with E-state index < -0.39 is 6.10 Å². The maximum absolute atomic E-state index is 13.1. The van der Waals surface area contributed by atoms with Crippen LogP contribution in [-0.2, 0) is 17.8 Å². The molecule has 0 aromatic heterocycles. The van der Waals surface area contributed by atoms with Crippen LogP contribution in [-0.4, -0.2) is 35.9 Å². The highest BCUT2D eigenvalue weighted by Gasteiger charge is 2.13. The summed E-state index contributed by atoms with van der Waals surface area (Å²) in [6, 6.07) is 14.7. The summed E-state index contributed by atoms with van der Waals surface area (Å²) >= 11 is 0. The number of hydrogen-bond acceptors (Lipinski definition) is 3.